The van der Waals surface area contributed by atoms with E-state index in [0.717, 1.165) is 30.5 Å². The van der Waals surface area contributed by atoms with Crippen molar-refractivity contribution in [3.05, 3.63) is 71.0 Å². The number of hydrogen-bond donors (Lipinski definition) is 0. The topological polar surface area (TPSA) is 56.6 Å². The van der Waals surface area contributed by atoms with E-state index in [4.69, 9.17) is 9.47 Å². The van der Waals surface area contributed by atoms with Crippen LogP contribution in [0.25, 0.3) is 5.69 Å². The number of halogens is 3. The molecule has 3 aromatic rings. The van der Waals surface area contributed by atoms with Crippen LogP contribution in [-0.4, -0.2) is 41.4 Å². The standard InChI is InChI=1S/C24H24F3N3O3/c1-15-20(14-28-30(15)17-7-4-6-16(12-17)24(25,26)27)23(31)29-11-5-8-21(29)19-13-18(32-2)9-10-22(19)33-3/h4,6-7,9-10,12-14,21H,5,8,11H2,1-3H3. The molecule has 2 heterocycles. The Morgan fingerprint density at radius 1 is 1.12 bits per heavy atom. The molecule has 1 fully saturated rings. The molecular weight excluding hydrogens is 435 g/mol. The zero-order valence-corrected chi connectivity index (χ0v) is 18.5. The van der Waals surface area contributed by atoms with Crippen LogP contribution in [0.4, 0.5) is 13.2 Å². The van der Waals surface area contributed by atoms with Gasteiger partial charge in [0.15, 0.2) is 0 Å². The monoisotopic (exact) mass is 459 g/mol. The minimum atomic E-state index is -4.46. The van der Waals surface area contributed by atoms with Crippen molar-refractivity contribution < 1.29 is 27.4 Å². The van der Waals surface area contributed by atoms with Crippen LogP contribution in [0.15, 0.2) is 48.7 Å². The van der Waals surface area contributed by atoms with Crippen LogP contribution < -0.4 is 9.47 Å². The molecule has 9 heteroatoms. The van der Waals surface area contributed by atoms with Gasteiger partial charge in [-0.1, -0.05) is 6.07 Å². The molecule has 1 amide bonds. The Bertz CT molecular complexity index is 1170. The van der Waals surface area contributed by atoms with E-state index in [-0.39, 0.29) is 17.6 Å². The first-order valence-electron chi connectivity index (χ1n) is 10.5. The Morgan fingerprint density at radius 2 is 1.91 bits per heavy atom. The van der Waals surface area contributed by atoms with E-state index in [0.29, 0.717) is 29.3 Å². The van der Waals surface area contributed by atoms with Crippen LogP contribution in [-0.2, 0) is 6.18 Å². The van der Waals surface area contributed by atoms with E-state index < -0.39 is 11.7 Å². The van der Waals surface area contributed by atoms with Crippen LogP contribution in [0, 0.1) is 6.92 Å². The average molecular weight is 459 g/mol. The predicted octanol–water partition coefficient (Wildman–Crippen LogP) is 5.19. The van der Waals surface area contributed by atoms with Crippen molar-refractivity contribution in [2.75, 3.05) is 20.8 Å². The number of amides is 1. The summed E-state index contributed by atoms with van der Waals surface area (Å²) >= 11 is 0. The number of ether oxygens (including phenoxy) is 2. The van der Waals surface area contributed by atoms with Gasteiger partial charge in [0, 0.05) is 12.1 Å². The third kappa shape index (κ3) is 4.27. The van der Waals surface area contributed by atoms with Crippen molar-refractivity contribution in [2.24, 2.45) is 0 Å². The smallest absolute Gasteiger partial charge is 0.416 e. The van der Waals surface area contributed by atoms with Crippen molar-refractivity contribution in [3.63, 3.8) is 0 Å². The van der Waals surface area contributed by atoms with E-state index in [2.05, 4.69) is 5.10 Å². The normalized spacial score (nSPS) is 16.2. The Kier molecular flexibility index (Phi) is 6.05. The van der Waals surface area contributed by atoms with E-state index in [1.54, 1.807) is 32.1 Å². The fourth-order valence-corrected chi connectivity index (χ4v) is 4.28. The number of carbonyl (C=O) groups is 1. The third-order valence-electron chi connectivity index (χ3n) is 5.97. The van der Waals surface area contributed by atoms with E-state index in [9.17, 15) is 18.0 Å². The predicted molar refractivity (Wildman–Crippen MR) is 116 cm³/mol. The molecular formula is C24H24F3N3O3. The zero-order chi connectivity index (χ0) is 23.8. The summed E-state index contributed by atoms with van der Waals surface area (Å²) in [7, 11) is 3.16. The highest BCUT2D eigenvalue weighted by Gasteiger charge is 2.35. The van der Waals surface area contributed by atoms with Gasteiger partial charge in [0.1, 0.15) is 11.5 Å². The molecule has 0 bridgehead atoms. The number of likely N-dealkylation sites (tertiary alicyclic amines) is 1. The lowest BCUT2D eigenvalue weighted by molar-refractivity contribution is -0.137. The molecule has 33 heavy (non-hydrogen) atoms. The quantitative estimate of drug-likeness (QED) is 0.527. The average Bonchev–Trinajstić information content (AvgIpc) is 3.44. The van der Waals surface area contributed by atoms with Crippen molar-refractivity contribution >= 4 is 5.91 Å². The first kappa shape index (κ1) is 22.7. The lowest BCUT2D eigenvalue weighted by Crippen LogP contribution is -2.31. The molecule has 1 aliphatic rings. The molecule has 1 aliphatic heterocycles. The first-order valence-corrected chi connectivity index (χ1v) is 10.5. The highest BCUT2D eigenvalue weighted by molar-refractivity contribution is 5.95. The summed E-state index contributed by atoms with van der Waals surface area (Å²) in [6.07, 6.45) is -1.47. The minimum absolute atomic E-state index is 0.209. The van der Waals surface area contributed by atoms with Gasteiger partial charge in [0.2, 0.25) is 0 Å². The number of alkyl halides is 3. The molecule has 174 valence electrons. The molecule has 2 aromatic carbocycles. The van der Waals surface area contributed by atoms with Crippen molar-refractivity contribution in [1.29, 1.82) is 0 Å². The molecule has 0 radical (unpaired) electrons. The van der Waals surface area contributed by atoms with E-state index in [1.165, 1.54) is 23.0 Å². The molecule has 1 unspecified atom stereocenters. The second-order valence-corrected chi connectivity index (χ2v) is 7.87. The van der Waals surface area contributed by atoms with Gasteiger partial charge in [-0.15, -0.1) is 0 Å². The molecule has 1 saturated heterocycles. The van der Waals surface area contributed by atoms with Gasteiger partial charge >= 0.3 is 6.18 Å². The minimum Gasteiger partial charge on any atom is -0.497 e. The summed E-state index contributed by atoms with van der Waals surface area (Å²) in [4.78, 5) is 15.3. The molecule has 1 aromatic heterocycles. The molecule has 4 rings (SSSR count). The molecule has 6 nitrogen and oxygen atoms in total. The summed E-state index contributed by atoms with van der Waals surface area (Å²) in [5, 5.41) is 4.22. The maximum absolute atomic E-state index is 13.5. The molecule has 0 N–H and O–H groups in total. The van der Waals surface area contributed by atoms with Crippen LogP contribution in [0.5, 0.6) is 11.5 Å². The molecule has 0 spiro atoms. The van der Waals surface area contributed by atoms with Gasteiger partial charge in [0.05, 0.1) is 49.0 Å². The molecule has 0 aliphatic carbocycles. The van der Waals surface area contributed by atoms with Crippen molar-refractivity contribution in [3.8, 4) is 17.2 Å². The molecule has 1 atom stereocenters. The van der Waals surface area contributed by atoms with Crippen LogP contribution in [0.1, 0.15) is 46.1 Å². The maximum atomic E-state index is 13.5. The second-order valence-electron chi connectivity index (χ2n) is 7.87. The number of hydrogen-bond acceptors (Lipinski definition) is 4. The largest absolute Gasteiger partial charge is 0.497 e. The fourth-order valence-electron chi connectivity index (χ4n) is 4.28. The van der Waals surface area contributed by atoms with Crippen LogP contribution >= 0.6 is 0 Å². The van der Waals surface area contributed by atoms with Gasteiger partial charge in [-0.3, -0.25) is 4.79 Å². The maximum Gasteiger partial charge on any atom is 0.416 e. The van der Waals surface area contributed by atoms with Gasteiger partial charge < -0.3 is 14.4 Å². The number of carbonyl (C=O) groups excluding carboxylic acids is 1. The second kappa shape index (κ2) is 8.80. The summed E-state index contributed by atoms with van der Waals surface area (Å²) in [6.45, 7) is 2.23. The van der Waals surface area contributed by atoms with Crippen molar-refractivity contribution in [1.82, 2.24) is 14.7 Å². The number of aromatic nitrogens is 2. The third-order valence-corrected chi connectivity index (χ3v) is 5.97. The highest BCUT2D eigenvalue weighted by atomic mass is 19.4. The van der Waals surface area contributed by atoms with E-state index >= 15 is 0 Å². The van der Waals surface area contributed by atoms with Gasteiger partial charge in [-0.2, -0.15) is 18.3 Å². The number of methoxy groups -OCH3 is 2. The van der Waals surface area contributed by atoms with Crippen molar-refractivity contribution in [2.45, 2.75) is 32.0 Å². The SMILES string of the molecule is COc1ccc(OC)c(C2CCCN2C(=O)c2cnn(-c3cccc(C(F)(F)F)c3)c2C)c1. The van der Waals surface area contributed by atoms with Gasteiger partial charge in [0.25, 0.3) is 5.91 Å². The Hall–Kier alpha value is -3.49. The lowest BCUT2D eigenvalue weighted by atomic mass is 10.0. The number of benzene rings is 2. The van der Waals surface area contributed by atoms with Crippen LogP contribution in [0.3, 0.4) is 0 Å². The zero-order valence-electron chi connectivity index (χ0n) is 18.5. The first-order chi connectivity index (χ1) is 15.7. The summed E-state index contributed by atoms with van der Waals surface area (Å²) in [5.74, 6) is 1.11. The van der Waals surface area contributed by atoms with Crippen LogP contribution in [0.2, 0.25) is 0 Å². The number of rotatable bonds is 5. The lowest BCUT2D eigenvalue weighted by Gasteiger charge is -2.26. The number of nitrogens with zero attached hydrogens (tertiary/aromatic N) is 3. The Labute approximate surface area is 189 Å². The summed E-state index contributed by atoms with van der Waals surface area (Å²) < 4.78 is 51.6. The highest BCUT2D eigenvalue weighted by Crippen LogP contribution is 2.40. The Morgan fingerprint density at radius 3 is 2.61 bits per heavy atom. The summed E-state index contributed by atoms with van der Waals surface area (Å²) in [5.41, 5.74) is 1.15. The summed E-state index contributed by atoms with van der Waals surface area (Å²) in [6, 6.07) is 10.2. The van der Waals surface area contributed by atoms with Gasteiger partial charge in [-0.25, -0.2) is 4.68 Å². The Balaban J connectivity index is 1.67. The van der Waals surface area contributed by atoms with Gasteiger partial charge in [-0.05, 0) is 56.2 Å². The van der Waals surface area contributed by atoms with E-state index in [1.807, 2.05) is 12.1 Å². The molecule has 0 saturated carbocycles. The fraction of sp³-hybridized carbons (Fsp3) is 0.333.